The fraction of sp³-hybridized carbons (Fsp3) is 0.444. The van der Waals surface area contributed by atoms with Gasteiger partial charge in [0.05, 0.1) is 16.7 Å². The number of hydrogen-bond acceptors (Lipinski definition) is 4. The molecule has 0 unspecified atom stereocenters. The van der Waals surface area contributed by atoms with Gasteiger partial charge in [-0.3, -0.25) is 4.90 Å². The fourth-order valence-electron chi connectivity index (χ4n) is 2.90. The molecule has 3 rings (SSSR count). The molecule has 2 heterocycles. The molecular weight excluding hydrogens is 528 g/mol. The highest BCUT2D eigenvalue weighted by atomic mass is 127. The number of halogens is 3. The van der Waals surface area contributed by atoms with Crippen molar-refractivity contribution in [2.75, 3.05) is 32.7 Å². The van der Waals surface area contributed by atoms with Crippen LogP contribution in [0.2, 0.25) is 0 Å². The Bertz CT molecular complexity index is 735. The maximum absolute atomic E-state index is 13.7. The number of piperazine rings is 1. The molecular formula is C18H24BrFIN5O. The Balaban J connectivity index is 0.00000261. The second kappa shape index (κ2) is 11.0. The molecule has 1 fully saturated rings. The molecule has 6 nitrogen and oxygen atoms in total. The Labute approximate surface area is 184 Å². The minimum Gasteiger partial charge on any atom is -0.364 e. The Hall–Kier alpha value is -1.20. The van der Waals surface area contributed by atoms with Gasteiger partial charge in [-0.25, -0.2) is 9.38 Å². The van der Waals surface area contributed by atoms with E-state index in [-0.39, 0.29) is 29.8 Å². The lowest BCUT2D eigenvalue weighted by molar-refractivity contribution is 0.169. The molecule has 0 spiro atoms. The van der Waals surface area contributed by atoms with Crippen molar-refractivity contribution >= 4 is 45.9 Å². The monoisotopic (exact) mass is 551 g/mol. The van der Waals surface area contributed by atoms with Gasteiger partial charge in [0.1, 0.15) is 12.1 Å². The molecule has 1 saturated heterocycles. The molecule has 0 aliphatic carbocycles. The molecule has 1 aromatic carbocycles. The second-order valence-corrected chi connectivity index (χ2v) is 7.03. The Morgan fingerprint density at radius 3 is 2.70 bits per heavy atom. The van der Waals surface area contributed by atoms with Crippen LogP contribution in [-0.2, 0) is 13.1 Å². The number of rotatable bonds is 5. The number of aromatic nitrogens is 1. The smallest absolute Gasteiger partial charge is 0.194 e. The molecule has 0 saturated carbocycles. The maximum atomic E-state index is 13.7. The van der Waals surface area contributed by atoms with Crippen LogP contribution in [0.25, 0.3) is 0 Å². The van der Waals surface area contributed by atoms with Crippen molar-refractivity contribution in [3.8, 4) is 0 Å². The third-order valence-corrected chi connectivity index (χ3v) is 4.92. The zero-order valence-electron chi connectivity index (χ0n) is 15.2. The molecule has 2 aromatic rings. The molecule has 1 aliphatic rings. The van der Waals surface area contributed by atoms with E-state index in [9.17, 15) is 4.39 Å². The van der Waals surface area contributed by atoms with E-state index >= 15 is 0 Å². The summed E-state index contributed by atoms with van der Waals surface area (Å²) in [5, 5.41) is 7.31. The molecule has 27 heavy (non-hydrogen) atoms. The Kier molecular flexibility index (Phi) is 8.97. The highest BCUT2D eigenvalue weighted by Crippen LogP contribution is 2.17. The van der Waals surface area contributed by atoms with Gasteiger partial charge < -0.3 is 14.7 Å². The number of aliphatic imine (C=N–C) groups is 1. The number of nitrogens with zero attached hydrogens (tertiary/aromatic N) is 4. The molecule has 0 atom stereocenters. The SMILES string of the molecule is CCNC(=NCc1ccc(Br)c(F)c1)N1CCN(Cc2ccon2)CC1.I. The van der Waals surface area contributed by atoms with Gasteiger partial charge in [-0.2, -0.15) is 0 Å². The van der Waals surface area contributed by atoms with Gasteiger partial charge in [0.25, 0.3) is 0 Å². The van der Waals surface area contributed by atoms with E-state index in [1.165, 1.54) is 6.07 Å². The largest absolute Gasteiger partial charge is 0.364 e. The van der Waals surface area contributed by atoms with Gasteiger partial charge in [-0.05, 0) is 40.5 Å². The van der Waals surface area contributed by atoms with Crippen LogP contribution in [0.5, 0.6) is 0 Å². The summed E-state index contributed by atoms with van der Waals surface area (Å²) in [6, 6.07) is 7.02. The number of benzene rings is 1. The van der Waals surface area contributed by atoms with E-state index < -0.39 is 0 Å². The van der Waals surface area contributed by atoms with E-state index in [0.29, 0.717) is 11.0 Å². The molecule has 0 radical (unpaired) electrons. The number of guanidine groups is 1. The lowest BCUT2D eigenvalue weighted by atomic mass is 10.2. The highest BCUT2D eigenvalue weighted by molar-refractivity contribution is 14.0. The molecule has 1 aliphatic heterocycles. The van der Waals surface area contributed by atoms with Crippen LogP contribution in [0, 0.1) is 5.82 Å². The number of hydrogen-bond donors (Lipinski definition) is 1. The summed E-state index contributed by atoms with van der Waals surface area (Å²) in [5.74, 6) is 0.612. The quantitative estimate of drug-likeness (QED) is 0.350. The van der Waals surface area contributed by atoms with Crippen LogP contribution in [0.4, 0.5) is 4.39 Å². The molecule has 1 N–H and O–H groups in total. The summed E-state index contributed by atoms with van der Waals surface area (Å²) >= 11 is 3.18. The summed E-state index contributed by atoms with van der Waals surface area (Å²) < 4.78 is 19.0. The zero-order chi connectivity index (χ0) is 18.4. The second-order valence-electron chi connectivity index (χ2n) is 6.17. The molecule has 0 amide bonds. The minimum atomic E-state index is -0.260. The Morgan fingerprint density at radius 1 is 1.30 bits per heavy atom. The van der Waals surface area contributed by atoms with Crippen molar-refractivity contribution in [1.29, 1.82) is 0 Å². The average molecular weight is 552 g/mol. The predicted octanol–water partition coefficient (Wildman–Crippen LogP) is 3.48. The minimum absolute atomic E-state index is 0. The normalized spacial score (nSPS) is 15.5. The summed E-state index contributed by atoms with van der Waals surface area (Å²) in [7, 11) is 0. The van der Waals surface area contributed by atoms with Crippen LogP contribution in [0.15, 0.2) is 44.5 Å². The van der Waals surface area contributed by atoms with Crippen LogP contribution in [0.1, 0.15) is 18.2 Å². The fourth-order valence-corrected chi connectivity index (χ4v) is 3.14. The van der Waals surface area contributed by atoms with E-state index in [1.54, 1.807) is 12.3 Å². The summed E-state index contributed by atoms with van der Waals surface area (Å²) in [4.78, 5) is 9.28. The summed E-state index contributed by atoms with van der Waals surface area (Å²) in [5.41, 5.74) is 1.81. The standard InChI is InChI=1S/C18H23BrFN5O.HI/c1-2-21-18(22-12-14-3-4-16(19)17(20)11-14)25-8-6-24(7-9-25)13-15-5-10-26-23-15;/h3-5,10-11H,2,6-9,12-13H2,1H3,(H,21,22);1H. The van der Waals surface area contributed by atoms with Crippen LogP contribution in [0.3, 0.4) is 0 Å². The molecule has 9 heteroatoms. The van der Waals surface area contributed by atoms with Crippen molar-refractivity contribution in [2.24, 2.45) is 4.99 Å². The third-order valence-electron chi connectivity index (χ3n) is 4.28. The van der Waals surface area contributed by atoms with E-state index in [4.69, 9.17) is 4.52 Å². The molecule has 148 valence electrons. The van der Waals surface area contributed by atoms with Crippen LogP contribution >= 0.6 is 39.9 Å². The Morgan fingerprint density at radius 2 is 2.07 bits per heavy atom. The van der Waals surface area contributed by atoms with Crippen molar-refractivity contribution in [3.63, 3.8) is 0 Å². The van der Waals surface area contributed by atoms with Crippen molar-refractivity contribution in [2.45, 2.75) is 20.0 Å². The first kappa shape index (κ1) is 22.1. The van der Waals surface area contributed by atoms with E-state index in [1.807, 2.05) is 12.1 Å². The lowest BCUT2D eigenvalue weighted by Crippen LogP contribution is -2.52. The first-order chi connectivity index (χ1) is 12.7. The predicted molar refractivity (Wildman–Crippen MR) is 118 cm³/mol. The van der Waals surface area contributed by atoms with Crippen LogP contribution < -0.4 is 5.32 Å². The van der Waals surface area contributed by atoms with Gasteiger partial charge in [0.2, 0.25) is 0 Å². The zero-order valence-corrected chi connectivity index (χ0v) is 19.1. The van der Waals surface area contributed by atoms with Gasteiger partial charge >= 0.3 is 0 Å². The summed E-state index contributed by atoms with van der Waals surface area (Å²) in [6.45, 7) is 7.75. The van der Waals surface area contributed by atoms with Gasteiger partial charge in [-0.1, -0.05) is 11.2 Å². The van der Waals surface area contributed by atoms with Crippen molar-refractivity contribution < 1.29 is 8.91 Å². The average Bonchev–Trinajstić information content (AvgIpc) is 3.15. The van der Waals surface area contributed by atoms with E-state index in [2.05, 4.69) is 48.1 Å². The van der Waals surface area contributed by atoms with Crippen molar-refractivity contribution in [1.82, 2.24) is 20.3 Å². The van der Waals surface area contributed by atoms with Gasteiger partial charge in [-0.15, -0.1) is 24.0 Å². The van der Waals surface area contributed by atoms with Crippen molar-refractivity contribution in [3.05, 3.63) is 52.1 Å². The van der Waals surface area contributed by atoms with Gasteiger partial charge in [0, 0.05) is 45.3 Å². The first-order valence-electron chi connectivity index (χ1n) is 8.74. The molecule has 0 bridgehead atoms. The number of nitrogens with one attached hydrogen (secondary N) is 1. The first-order valence-corrected chi connectivity index (χ1v) is 9.54. The van der Waals surface area contributed by atoms with E-state index in [0.717, 1.165) is 56.5 Å². The maximum Gasteiger partial charge on any atom is 0.194 e. The lowest BCUT2D eigenvalue weighted by Gasteiger charge is -2.36. The molecule has 1 aromatic heterocycles. The third kappa shape index (κ3) is 6.42. The summed E-state index contributed by atoms with van der Waals surface area (Å²) in [6.07, 6.45) is 1.60. The highest BCUT2D eigenvalue weighted by Gasteiger charge is 2.20. The topological polar surface area (TPSA) is 56.9 Å². The van der Waals surface area contributed by atoms with Crippen LogP contribution in [-0.4, -0.2) is 53.6 Å². The van der Waals surface area contributed by atoms with Gasteiger partial charge in [0.15, 0.2) is 5.96 Å².